The number of amides is 1. The number of nitrogens with one attached hydrogen (secondary N) is 2. The van der Waals surface area contributed by atoms with E-state index in [2.05, 4.69) is 37.6 Å². The zero-order chi connectivity index (χ0) is 31.5. The number of aromatic amines is 1. The lowest BCUT2D eigenvalue weighted by Gasteiger charge is -2.25. The van der Waals surface area contributed by atoms with E-state index in [1.807, 2.05) is 45.9 Å². The van der Waals surface area contributed by atoms with Crippen molar-refractivity contribution in [3.05, 3.63) is 79.9 Å². The van der Waals surface area contributed by atoms with Crippen LogP contribution in [0, 0.1) is 20.8 Å². The first-order valence-electron chi connectivity index (χ1n) is 14.3. The molecule has 0 spiro atoms. The fourth-order valence-corrected chi connectivity index (χ4v) is 5.53. The Balaban J connectivity index is 1.60. The summed E-state index contributed by atoms with van der Waals surface area (Å²) in [6.45, 7) is 9.05. The molecular weight excluding hydrogens is 566 g/mol. The molecule has 2 N–H and O–H groups in total. The van der Waals surface area contributed by atoms with Crippen molar-refractivity contribution >= 4 is 17.6 Å². The van der Waals surface area contributed by atoms with E-state index in [9.17, 15) is 14.4 Å². The molecule has 0 atom stereocenters. The van der Waals surface area contributed by atoms with E-state index in [4.69, 9.17) is 14.5 Å². The van der Waals surface area contributed by atoms with Crippen molar-refractivity contribution < 1.29 is 23.8 Å². The number of esters is 1. The van der Waals surface area contributed by atoms with Crippen LogP contribution in [0.3, 0.4) is 0 Å². The number of methoxy groups -OCH3 is 2. The van der Waals surface area contributed by atoms with E-state index in [1.165, 1.54) is 7.11 Å². The summed E-state index contributed by atoms with van der Waals surface area (Å²) in [5.41, 5.74) is 6.27. The first-order valence-corrected chi connectivity index (χ1v) is 14.3. The van der Waals surface area contributed by atoms with Gasteiger partial charge in [0.25, 0.3) is 5.91 Å². The smallest absolute Gasteiger partial charge is 0.361 e. The Hall–Kier alpha value is -5.20. The van der Waals surface area contributed by atoms with Crippen LogP contribution in [0.25, 0.3) is 11.3 Å². The molecule has 3 heterocycles. The van der Waals surface area contributed by atoms with E-state index in [0.29, 0.717) is 42.3 Å². The topological polar surface area (TPSA) is 155 Å². The Morgan fingerprint density at radius 3 is 2.50 bits per heavy atom. The highest BCUT2D eigenvalue weighted by atomic mass is 16.5. The van der Waals surface area contributed by atoms with Crippen LogP contribution >= 0.6 is 0 Å². The van der Waals surface area contributed by atoms with Crippen molar-refractivity contribution in [3.63, 3.8) is 0 Å². The van der Waals surface area contributed by atoms with Gasteiger partial charge in [-0.25, -0.2) is 14.6 Å². The number of hydrogen-bond donors (Lipinski definition) is 2. The van der Waals surface area contributed by atoms with Gasteiger partial charge in [-0.05, 0) is 62.9 Å². The zero-order valence-corrected chi connectivity index (χ0v) is 25.6. The maximum Gasteiger partial charge on any atom is 0.361 e. The molecular formula is C31H35N7O6. The van der Waals surface area contributed by atoms with Crippen molar-refractivity contribution in [2.45, 2.75) is 47.2 Å². The van der Waals surface area contributed by atoms with Gasteiger partial charge in [0.05, 0.1) is 32.2 Å². The third-order valence-electron chi connectivity index (χ3n) is 7.50. The molecule has 0 bridgehead atoms. The minimum absolute atomic E-state index is 0.0637. The molecule has 0 radical (unpaired) electrons. The van der Waals surface area contributed by atoms with Crippen LogP contribution in [0.2, 0.25) is 0 Å². The summed E-state index contributed by atoms with van der Waals surface area (Å²) in [5, 5.41) is 12.3. The van der Waals surface area contributed by atoms with Crippen molar-refractivity contribution in [2.75, 3.05) is 27.4 Å². The number of nitrogens with zero attached hydrogens (tertiary/aromatic N) is 5. The SMILES string of the molecule is CCOc1cc2c(cc1OC)-c1c/c(=N\c3c(C)cc(C)cc3C)n(CCNC(=O)c3[nH]nnc3C(=O)OC)c(=O)n1CC2. The van der Waals surface area contributed by atoms with Crippen LogP contribution in [0.15, 0.2) is 40.1 Å². The molecule has 13 nitrogen and oxygen atoms in total. The van der Waals surface area contributed by atoms with Crippen LogP contribution < -0.4 is 26.0 Å². The molecule has 0 aliphatic carbocycles. The summed E-state index contributed by atoms with van der Waals surface area (Å²) in [6, 6.07) is 9.87. The Morgan fingerprint density at radius 2 is 1.82 bits per heavy atom. The third kappa shape index (κ3) is 5.72. The van der Waals surface area contributed by atoms with Gasteiger partial charge in [0.15, 0.2) is 17.2 Å². The molecule has 2 aromatic carbocycles. The monoisotopic (exact) mass is 601 g/mol. The number of aromatic nitrogens is 5. The zero-order valence-electron chi connectivity index (χ0n) is 25.6. The molecule has 1 aliphatic rings. The number of benzene rings is 2. The van der Waals surface area contributed by atoms with E-state index in [1.54, 1.807) is 16.2 Å². The quantitative estimate of drug-likeness (QED) is 0.278. The lowest BCUT2D eigenvalue weighted by molar-refractivity contribution is 0.0589. The van der Waals surface area contributed by atoms with E-state index in [-0.39, 0.29) is 30.2 Å². The standard InChI is InChI=1S/C31H35N7O6/c1-7-44-24-14-20-8-10-37-22(21(20)15-23(24)42-5)16-25(33-26-18(3)12-17(2)13-19(26)4)38(31(37)41)11-9-32-29(39)27-28(30(40)43-6)35-36-34-27/h12-16H,7-11H2,1-6H3,(H,32,39)(H,34,35,36)/b33-25+. The number of aryl methyl sites for hydroxylation is 4. The minimum Gasteiger partial charge on any atom is -0.493 e. The van der Waals surface area contributed by atoms with Crippen LogP contribution in [-0.4, -0.2) is 63.8 Å². The van der Waals surface area contributed by atoms with Gasteiger partial charge < -0.3 is 19.5 Å². The highest BCUT2D eigenvalue weighted by molar-refractivity contribution is 6.02. The number of carbonyl (C=O) groups excluding carboxylic acids is 2. The molecule has 0 fully saturated rings. The second-order valence-corrected chi connectivity index (χ2v) is 10.5. The Morgan fingerprint density at radius 1 is 1.07 bits per heavy atom. The van der Waals surface area contributed by atoms with Crippen LogP contribution in [-0.2, 0) is 24.2 Å². The van der Waals surface area contributed by atoms with Crippen molar-refractivity contribution in [3.8, 4) is 22.8 Å². The summed E-state index contributed by atoms with van der Waals surface area (Å²) >= 11 is 0. The van der Waals surface area contributed by atoms with Crippen LogP contribution in [0.5, 0.6) is 11.5 Å². The predicted molar refractivity (Wildman–Crippen MR) is 161 cm³/mol. The van der Waals surface area contributed by atoms with E-state index in [0.717, 1.165) is 33.5 Å². The first kappa shape index (κ1) is 30.3. The van der Waals surface area contributed by atoms with Gasteiger partial charge in [-0.3, -0.25) is 19.0 Å². The molecule has 230 valence electrons. The molecule has 0 unspecified atom stereocenters. The third-order valence-corrected chi connectivity index (χ3v) is 7.50. The first-order chi connectivity index (χ1) is 21.2. The number of H-pyrrole nitrogens is 1. The van der Waals surface area contributed by atoms with Gasteiger partial charge in [-0.15, -0.1) is 5.10 Å². The fraction of sp³-hybridized carbons (Fsp3) is 0.355. The van der Waals surface area contributed by atoms with Gasteiger partial charge in [0.1, 0.15) is 5.49 Å². The van der Waals surface area contributed by atoms with Gasteiger partial charge in [0, 0.05) is 31.3 Å². The second-order valence-electron chi connectivity index (χ2n) is 10.5. The summed E-state index contributed by atoms with van der Waals surface area (Å²) in [4.78, 5) is 43.9. The van der Waals surface area contributed by atoms with E-state index >= 15 is 0 Å². The maximum absolute atomic E-state index is 14.1. The predicted octanol–water partition coefficient (Wildman–Crippen LogP) is 2.77. The molecule has 44 heavy (non-hydrogen) atoms. The summed E-state index contributed by atoms with van der Waals surface area (Å²) in [6.07, 6.45) is 0.624. The second kappa shape index (κ2) is 12.6. The molecule has 1 amide bonds. The maximum atomic E-state index is 14.1. The lowest BCUT2D eigenvalue weighted by Crippen LogP contribution is -2.44. The Labute approximate surface area is 253 Å². The van der Waals surface area contributed by atoms with Crippen LogP contribution in [0.1, 0.15) is 50.2 Å². The van der Waals surface area contributed by atoms with Gasteiger partial charge in [-0.2, -0.15) is 0 Å². The molecule has 1 aliphatic heterocycles. The van der Waals surface area contributed by atoms with Gasteiger partial charge >= 0.3 is 11.7 Å². The van der Waals surface area contributed by atoms with Crippen molar-refractivity contribution in [1.29, 1.82) is 0 Å². The average molecular weight is 602 g/mol. The molecule has 13 heteroatoms. The highest BCUT2D eigenvalue weighted by Gasteiger charge is 2.24. The number of hydrogen-bond acceptors (Lipinski definition) is 9. The Kier molecular flexibility index (Phi) is 8.65. The molecule has 2 aromatic heterocycles. The van der Waals surface area contributed by atoms with Gasteiger partial charge in [-0.1, -0.05) is 22.9 Å². The fourth-order valence-electron chi connectivity index (χ4n) is 5.53. The summed E-state index contributed by atoms with van der Waals surface area (Å²) in [5.74, 6) is -0.162. The number of fused-ring (bicyclic) bond motifs is 3. The molecule has 5 rings (SSSR count). The lowest BCUT2D eigenvalue weighted by atomic mass is 9.97. The molecule has 0 saturated heterocycles. The number of carbonyl (C=O) groups is 2. The average Bonchev–Trinajstić information content (AvgIpc) is 3.50. The largest absolute Gasteiger partial charge is 0.493 e. The normalized spacial score (nSPS) is 12.4. The summed E-state index contributed by atoms with van der Waals surface area (Å²) < 4.78 is 19.3. The number of ether oxygens (including phenoxy) is 3. The number of rotatable bonds is 9. The van der Waals surface area contributed by atoms with Crippen molar-refractivity contribution in [2.24, 2.45) is 4.99 Å². The highest BCUT2D eigenvalue weighted by Crippen LogP contribution is 2.37. The molecule has 4 aromatic rings. The minimum atomic E-state index is -0.790. The van der Waals surface area contributed by atoms with Crippen LogP contribution in [0.4, 0.5) is 5.69 Å². The van der Waals surface area contributed by atoms with Crippen molar-refractivity contribution in [1.82, 2.24) is 29.9 Å². The molecule has 0 saturated carbocycles. The Bertz CT molecular complexity index is 1860. The van der Waals surface area contributed by atoms with Gasteiger partial charge in [0.2, 0.25) is 5.69 Å². The summed E-state index contributed by atoms with van der Waals surface area (Å²) in [7, 11) is 2.78. The van der Waals surface area contributed by atoms with E-state index < -0.39 is 11.9 Å².